The molecule has 0 saturated heterocycles. The third-order valence-corrected chi connectivity index (χ3v) is 3.28. The first-order chi connectivity index (χ1) is 10.1. The topological polar surface area (TPSA) is 96.7 Å². The summed E-state index contributed by atoms with van der Waals surface area (Å²) < 4.78 is 0. The number of nitrogens with zero attached hydrogens (tertiary/aromatic N) is 2. The summed E-state index contributed by atoms with van der Waals surface area (Å²) in [6, 6.07) is 10.7. The highest BCUT2D eigenvalue weighted by atomic mass is 16.2. The van der Waals surface area contributed by atoms with Crippen molar-refractivity contribution in [3.8, 4) is 0 Å². The zero-order chi connectivity index (χ0) is 14.8. The van der Waals surface area contributed by atoms with Crippen molar-refractivity contribution in [1.29, 1.82) is 0 Å². The van der Waals surface area contributed by atoms with E-state index in [0.717, 1.165) is 11.2 Å². The number of aromatic amines is 1. The van der Waals surface area contributed by atoms with E-state index in [0.29, 0.717) is 16.8 Å². The molecule has 4 N–H and O–H groups in total. The van der Waals surface area contributed by atoms with Crippen LogP contribution in [0.1, 0.15) is 29.1 Å². The fraction of sp³-hybridized carbons (Fsp3) is 0.133. The van der Waals surface area contributed by atoms with Crippen LogP contribution in [0.15, 0.2) is 42.6 Å². The maximum absolute atomic E-state index is 12.4. The number of pyridine rings is 1. The quantitative estimate of drug-likeness (QED) is 0.640. The molecule has 3 rings (SSSR count). The van der Waals surface area contributed by atoms with Crippen LogP contribution in [0.2, 0.25) is 0 Å². The van der Waals surface area contributed by atoms with Gasteiger partial charge in [0.05, 0.1) is 17.3 Å². The van der Waals surface area contributed by atoms with E-state index in [4.69, 9.17) is 5.73 Å². The molecule has 1 atom stereocenters. The van der Waals surface area contributed by atoms with Gasteiger partial charge >= 0.3 is 0 Å². The first-order valence-corrected chi connectivity index (χ1v) is 6.60. The average molecular weight is 281 g/mol. The molecular formula is C15H15N5O. The lowest BCUT2D eigenvalue weighted by Gasteiger charge is -2.12. The Labute approximate surface area is 121 Å². The van der Waals surface area contributed by atoms with Crippen LogP contribution >= 0.6 is 0 Å². The Morgan fingerprint density at radius 3 is 2.95 bits per heavy atom. The third-order valence-electron chi connectivity index (χ3n) is 3.28. The van der Waals surface area contributed by atoms with E-state index in [-0.39, 0.29) is 11.9 Å². The highest BCUT2D eigenvalue weighted by molar-refractivity contribution is 6.05. The third kappa shape index (κ3) is 2.55. The molecule has 106 valence electrons. The summed E-state index contributed by atoms with van der Waals surface area (Å²) in [7, 11) is 0. The summed E-state index contributed by atoms with van der Waals surface area (Å²) in [4.78, 5) is 16.6. The Hall–Kier alpha value is -2.89. The molecule has 0 spiro atoms. The van der Waals surface area contributed by atoms with Gasteiger partial charge in [-0.2, -0.15) is 5.10 Å². The lowest BCUT2D eigenvalue weighted by Crippen LogP contribution is -2.27. The molecule has 2 heterocycles. The second kappa shape index (κ2) is 5.24. The molecule has 0 radical (unpaired) electrons. The van der Waals surface area contributed by atoms with Gasteiger partial charge in [-0.1, -0.05) is 6.07 Å². The Morgan fingerprint density at radius 2 is 2.19 bits per heavy atom. The Bertz CT molecular complexity index is 781. The Balaban J connectivity index is 1.86. The van der Waals surface area contributed by atoms with E-state index < -0.39 is 0 Å². The molecule has 0 fully saturated rings. The van der Waals surface area contributed by atoms with Gasteiger partial charge in [0.15, 0.2) is 5.69 Å². The molecule has 0 aliphatic rings. The largest absolute Gasteiger partial charge is 0.399 e. The zero-order valence-corrected chi connectivity index (χ0v) is 11.5. The summed E-state index contributed by atoms with van der Waals surface area (Å²) in [5.74, 6) is -0.259. The van der Waals surface area contributed by atoms with Crippen molar-refractivity contribution in [1.82, 2.24) is 20.5 Å². The van der Waals surface area contributed by atoms with Crippen molar-refractivity contribution in [3.63, 3.8) is 0 Å². The number of fused-ring (bicyclic) bond motifs is 1. The molecule has 6 heteroatoms. The number of aromatic nitrogens is 3. The lowest BCUT2D eigenvalue weighted by molar-refractivity contribution is 0.0935. The van der Waals surface area contributed by atoms with Crippen LogP contribution in [-0.2, 0) is 0 Å². The normalized spacial score (nSPS) is 12.2. The van der Waals surface area contributed by atoms with Crippen LogP contribution in [0.3, 0.4) is 0 Å². The number of hydrogen-bond donors (Lipinski definition) is 3. The number of benzene rings is 1. The second-order valence-electron chi connectivity index (χ2n) is 4.83. The number of nitrogens with two attached hydrogens (primary N) is 1. The number of amides is 1. The molecule has 0 aliphatic carbocycles. The number of rotatable bonds is 3. The van der Waals surface area contributed by atoms with E-state index >= 15 is 0 Å². The van der Waals surface area contributed by atoms with E-state index in [2.05, 4.69) is 20.5 Å². The molecule has 0 bridgehead atoms. The number of anilines is 1. The smallest absolute Gasteiger partial charge is 0.272 e. The monoisotopic (exact) mass is 281 g/mol. The summed E-state index contributed by atoms with van der Waals surface area (Å²) in [5.41, 5.74) is 8.26. The molecule has 2 aromatic heterocycles. The van der Waals surface area contributed by atoms with E-state index in [9.17, 15) is 4.79 Å². The van der Waals surface area contributed by atoms with Gasteiger partial charge in [0.2, 0.25) is 0 Å². The van der Waals surface area contributed by atoms with E-state index in [1.807, 2.05) is 25.1 Å². The van der Waals surface area contributed by atoms with Gasteiger partial charge in [-0.05, 0) is 37.3 Å². The molecule has 1 amide bonds. The molecule has 1 aromatic carbocycles. The molecule has 3 aromatic rings. The number of carbonyl (C=O) groups is 1. The Morgan fingerprint density at radius 1 is 1.33 bits per heavy atom. The standard InChI is InChI=1S/C15H15N5O/c1-9(12-4-2-3-7-17-12)18-15(21)14-11-8-10(16)5-6-13(11)19-20-14/h2-9H,16H2,1H3,(H,18,21)(H,19,20). The van der Waals surface area contributed by atoms with Crippen molar-refractivity contribution in [2.75, 3.05) is 5.73 Å². The van der Waals surface area contributed by atoms with Crippen molar-refractivity contribution >= 4 is 22.5 Å². The van der Waals surface area contributed by atoms with Gasteiger partial charge in [0.1, 0.15) is 0 Å². The molecule has 6 nitrogen and oxygen atoms in total. The number of nitrogen functional groups attached to an aromatic ring is 1. The zero-order valence-electron chi connectivity index (χ0n) is 11.5. The van der Waals surface area contributed by atoms with Gasteiger partial charge in [-0.15, -0.1) is 0 Å². The number of nitrogens with one attached hydrogen (secondary N) is 2. The molecule has 1 unspecified atom stereocenters. The minimum absolute atomic E-state index is 0.202. The van der Waals surface area contributed by atoms with E-state index in [1.165, 1.54) is 0 Å². The van der Waals surface area contributed by atoms with Crippen molar-refractivity contribution in [2.24, 2.45) is 0 Å². The van der Waals surface area contributed by atoms with Crippen LogP contribution in [0.4, 0.5) is 5.69 Å². The van der Waals surface area contributed by atoms with E-state index in [1.54, 1.807) is 24.4 Å². The highest BCUT2D eigenvalue weighted by Gasteiger charge is 2.17. The first kappa shape index (κ1) is 13.1. The molecule has 21 heavy (non-hydrogen) atoms. The van der Waals surface area contributed by atoms with Crippen LogP contribution in [0.25, 0.3) is 10.9 Å². The SMILES string of the molecule is CC(NC(=O)c1n[nH]c2ccc(N)cc12)c1ccccn1. The summed E-state index contributed by atoms with van der Waals surface area (Å²) in [6.45, 7) is 1.88. The molecular weight excluding hydrogens is 266 g/mol. The minimum atomic E-state index is -0.259. The average Bonchev–Trinajstić information content (AvgIpc) is 2.91. The molecule has 0 aliphatic heterocycles. The maximum atomic E-state index is 12.4. The fourth-order valence-corrected chi connectivity index (χ4v) is 2.18. The number of H-pyrrole nitrogens is 1. The van der Waals surface area contributed by atoms with Crippen molar-refractivity contribution in [3.05, 3.63) is 54.0 Å². The lowest BCUT2D eigenvalue weighted by atomic mass is 10.1. The van der Waals surface area contributed by atoms with Gasteiger partial charge in [-0.3, -0.25) is 14.9 Å². The van der Waals surface area contributed by atoms with Crippen molar-refractivity contribution in [2.45, 2.75) is 13.0 Å². The van der Waals surface area contributed by atoms with Crippen LogP contribution in [0, 0.1) is 0 Å². The van der Waals surface area contributed by atoms with Crippen LogP contribution < -0.4 is 11.1 Å². The number of hydrogen-bond acceptors (Lipinski definition) is 4. The van der Waals surface area contributed by atoms with Crippen LogP contribution in [0.5, 0.6) is 0 Å². The van der Waals surface area contributed by atoms with Gasteiger partial charge in [-0.25, -0.2) is 0 Å². The second-order valence-corrected chi connectivity index (χ2v) is 4.83. The molecule has 0 saturated carbocycles. The van der Waals surface area contributed by atoms with Gasteiger partial charge in [0, 0.05) is 17.3 Å². The summed E-state index contributed by atoms with van der Waals surface area (Å²) in [5, 5.41) is 10.5. The number of carbonyl (C=O) groups excluding carboxylic acids is 1. The Kier molecular flexibility index (Phi) is 3.27. The van der Waals surface area contributed by atoms with Crippen LogP contribution in [-0.4, -0.2) is 21.1 Å². The maximum Gasteiger partial charge on any atom is 0.272 e. The van der Waals surface area contributed by atoms with Gasteiger partial charge in [0.25, 0.3) is 5.91 Å². The fourth-order valence-electron chi connectivity index (χ4n) is 2.18. The minimum Gasteiger partial charge on any atom is -0.399 e. The predicted molar refractivity (Wildman–Crippen MR) is 80.6 cm³/mol. The highest BCUT2D eigenvalue weighted by Crippen LogP contribution is 2.19. The van der Waals surface area contributed by atoms with Crippen molar-refractivity contribution < 1.29 is 4.79 Å². The summed E-state index contributed by atoms with van der Waals surface area (Å²) >= 11 is 0. The first-order valence-electron chi connectivity index (χ1n) is 6.60. The van der Waals surface area contributed by atoms with Gasteiger partial charge < -0.3 is 11.1 Å². The summed E-state index contributed by atoms with van der Waals surface area (Å²) in [6.07, 6.45) is 1.70. The predicted octanol–water partition coefficient (Wildman–Crippen LogP) is 2.03.